The van der Waals surface area contributed by atoms with Crippen molar-refractivity contribution in [1.82, 2.24) is 0 Å². The summed E-state index contributed by atoms with van der Waals surface area (Å²) in [6, 6.07) is 21.6. The van der Waals surface area contributed by atoms with Gasteiger partial charge in [-0.3, -0.25) is 10.1 Å². The van der Waals surface area contributed by atoms with Gasteiger partial charge in [0, 0.05) is 23.4 Å². The zero-order valence-electron chi connectivity index (χ0n) is 18.9. The first-order chi connectivity index (χ1) is 16.3. The zero-order valence-corrected chi connectivity index (χ0v) is 18.9. The number of benzene rings is 3. The highest BCUT2D eigenvalue weighted by Crippen LogP contribution is 2.54. The Labute approximate surface area is 197 Å². The van der Waals surface area contributed by atoms with E-state index in [1.165, 1.54) is 12.1 Å². The number of carbonyl (C=O) groups is 1. The summed E-state index contributed by atoms with van der Waals surface area (Å²) in [6.45, 7) is 4.81. The van der Waals surface area contributed by atoms with E-state index in [0.29, 0.717) is 23.4 Å². The van der Waals surface area contributed by atoms with Crippen molar-refractivity contribution in [2.24, 2.45) is 0 Å². The molecule has 3 aromatic carbocycles. The number of ether oxygens (including phenoxy) is 2. The minimum atomic E-state index is -0.890. The van der Waals surface area contributed by atoms with E-state index in [1.54, 1.807) is 30.3 Å². The highest BCUT2D eigenvalue weighted by molar-refractivity contribution is 5.89. The largest absolute Gasteiger partial charge is 0.463 e. The van der Waals surface area contributed by atoms with Gasteiger partial charge in [-0.05, 0) is 55.8 Å². The minimum absolute atomic E-state index is 0.0154. The highest BCUT2D eigenvalue weighted by atomic mass is 16.6. The molecule has 5 rings (SSSR count). The molecule has 0 bridgehead atoms. The molecule has 7 heteroatoms. The van der Waals surface area contributed by atoms with Crippen LogP contribution in [-0.2, 0) is 10.2 Å². The first kappa shape index (κ1) is 21.7. The van der Waals surface area contributed by atoms with Gasteiger partial charge in [-0.25, -0.2) is 4.79 Å². The normalized spacial score (nSPS) is 19.3. The van der Waals surface area contributed by atoms with Crippen LogP contribution in [-0.4, -0.2) is 29.8 Å². The molecule has 0 amide bonds. The van der Waals surface area contributed by atoms with Crippen molar-refractivity contribution in [3.05, 3.63) is 106 Å². The van der Waals surface area contributed by atoms with Crippen molar-refractivity contribution in [3.8, 4) is 5.75 Å². The number of nitro groups is 1. The van der Waals surface area contributed by atoms with Gasteiger partial charge in [-0.15, -0.1) is 0 Å². The molecular weight excluding hydrogens is 432 g/mol. The number of rotatable bonds is 5. The van der Waals surface area contributed by atoms with Gasteiger partial charge in [-0.2, -0.15) is 0 Å². The summed E-state index contributed by atoms with van der Waals surface area (Å²) in [4.78, 5) is 25.4. The van der Waals surface area contributed by atoms with E-state index in [1.807, 2.05) is 36.4 Å². The lowest BCUT2D eigenvalue weighted by Crippen LogP contribution is -2.60. The third kappa shape index (κ3) is 3.32. The minimum Gasteiger partial charge on any atom is -0.463 e. The number of anilines is 1. The molecule has 3 aromatic rings. The Hall–Kier alpha value is -4.13. The van der Waals surface area contributed by atoms with E-state index in [2.05, 4.69) is 24.8 Å². The quantitative estimate of drug-likeness (QED) is 0.292. The molecule has 0 N–H and O–H groups in total. The number of hydrogen-bond acceptors (Lipinski definition) is 6. The molecule has 0 aromatic heterocycles. The smallest absolute Gasteiger partial charge is 0.338 e. The number of carbonyl (C=O) groups excluding carboxylic acids is 1. The fourth-order valence-corrected chi connectivity index (χ4v) is 4.88. The summed E-state index contributed by atoms with van der Waals surface area (Å²) in [5.74, 6) is 0.194. The summed E-state index contributed by atoms with van der Waals surface area (Å²) in [5.41, 5.74) is 1.94. The van der Waals surface area contributed by atoms with Gasteiger partial charge in [0.25, 0.3) is 5.69 Å². The van der Waals surface area contributed by atoms with Crippen LogP contribution in [0.3, 0.4) is 0 Å². The van der Waals surface area contributed by atoms with Gasteiger partial charge in [-0.1, -0.05) is 36.4 Å². The van der Waals surface area contributed by atoms with Crippen molar-refractivity contribution in [2.75, 3.05) is 18.1 Å². The summed E-state index contributed by atoms with van der Waals surface area (Å²) in [7, 11) is 0. The van der Waals surface area contributed by atoms with E-state index >= 15 is 0 Å². The van der Waals surface area contributed by atoms with Gasteiger partial charge >= 0.3 is 5.97 Å². The highest BCUT2D eigenvalue weighted by Gasteiger charge is 2.58. The molecule has 1 spiro atoms. The van der Waals surface area contributed by atoms with Crippen LogP contribution in [0, 0.1) is 10.1 Å². The molecule has 172 valence electrons. The fourth-order valence-electron chi connectivity index (χ4n) is 4.88. The molecule has 2 aliphatic rings. The van der Waals surface area contributed by atoms with Crippen LogP contribution in [0.1, 0.15) is 35.3 Å². The lowest BCUT2D eigenvalue weighted by Gasteiger charge is -2.47. The number of nitro benzene ring substituents is 1. The average molecular weight is 456 g/mol. The van der Waals surface area contributed by atoms with Crippen molar-refractivity contribution < 1.29 is 19.2 Å². The molecule has 7 nitrogen and oxygen atoms in total. The predicted molar refractivity (Wildman–Crippen MR) is 129 cm³/mol. The van der Waals surface area contributed by atoms with Crippen LogP contribution in [0.5, 0.6) is 5.75 Å². The first-order valence-corrected chi connectivity index (χ1v) is 11.1. The maximum absolute atomic E-state index is 12.5. The van der Waals surface area contributed by atoms with Gasteiger partial charge in [0.2, 0.25) is 5.72 Å². The lowest BCUT2D eigenvalue weighted by molar-refractivity contribution is -0.384. The Morgan fingerprint density at radius 3 is 2.56 bits per heavy atom. The van der Waals surface area contributed by atoms with E-state index in [9.17, 15) is 14.9 Å². The van der Waals surface area contributed by atoms with Crippen molar-refractivity contribution >= 4 is 23.4 Å². The van der Waals surface area contributed by atoms with E-state index in [4.69, 9.17) is 9.47 Å². The summed E-state index contributed by atoms with van der Waals surface area (Å²) in [5, 5.41) is 11.2. The Morgan fingerprint density at radius 1 is 1.06 bits per heavy atom. The summed E-state index contributed by atoms with van der Waals surface area (Å²) in [6.07, 6.45) is 3.83. The Bertz CT molecular complexity index is 1300. The predicted octanol–water partition coefficient (Wildman–Crippen LogP) is 5.35. The number of esters is 1. The van der Waals surface area contributed by atoms with Crippen LogP contribution in [0.25, 0.3) is 6.08 Å². The molecule has 1 unspecified atom stereocenters. The number of hydrogen-bond donors (Lipinski definition) is 0. The molecule has 2 heterocycles. The molecule has 34 heavy (non-hydrogen) atoms. The van der Waals surface area contributed by atoms with E-state index in [0.717, 1.165) is 11.3 Å². The molecule has 0 saturated heterocycles. The fraction of sp³-hybridized carbons (Fsp3) is 0.222. The maximum atomic E-state index is 12.5. The van der Waals surface area contributed by atoms with Gasteiger partial charge in [0.05, 0.1) is 22.4 Å². The Balaban J connectivity index is 1.47. The molecule has 0 fully saturated rings. The second kappa shape index (κ2) is 8.02. The molecule has 0 aliphatic carbocycles. The SMILES string of the molecule is CC1(C)c2ccccc2N(CCOC(=O)c2ccccc2)C12C=Cc1cc([N+](=O)[O-])ccc1O2. The van der Waals surface area contributed by atoms with Crippen molar-refractivity contribution in [3.63, 3.8) is 0 Å². The molecule has 2 aliphatic heterocycles. The van der Waals surface area contributed by atoms with Crippen LogP contribution in [0.15, 0.2) is 78.9 Å². The third-order valence-corrected chi connectivity index (χ3v) is 6.68. The van der Waals surface area contributed by atoms with Crippen LogP contribution in [0.2, 0.25) is 0 Å². The number of non-ortho nitro benzene ring substituents is 1. The van der Waals surface area contributed by atoms with Crippen LogP contribution < -0.4 is 9.64 Å². The lowest BCUT2D eigenvalue weighted by atomic mass is 9.76. The van der Waals surface area contributed by atoms with Gasteiger partial charge < -0.3 is 14.4 Å². The summed E-state index contributed by atoms with van der Waals surface area (Å²) >= 11 is 0. The van der Waals surface area contributed by atoms with Gasteiger partial charge in [0.1, 0.15) is 12.4 Å². The molecule has 0 radical (unpaired) electrons. The maximum Gasteiger partial charge on any atom is 0.338 e. The standard InChI is InChI=1S/C27H24N2O5/c1-26(2)22-10-6-7-11-23(22)28(16-17-33-25(30)19-8-4-3-5-9-19)27(26)15-14-20-18-21(29(31)32)12-13-24(20)34-27/h3-15,18H,16-17H2,1-2H3. The van der Waals surface area contributed by atoms with E-state index < -0.39 is 16.1 Å². The van der Waals surface area contributed by atoms with Crippen LogP contribution in [0.4, 0.5) is 11.4 Å². The topological polar surface area (TPSA) is 81.9 Å². The molecule has 1 atom stereocenters. The Kier molecular flexibility index (Phi) is 5.12. The number of para-hydroxylation sites is 1. The average Bonchev–Trinajstić information content (AvgIpc) is 3.02. The zero-order chi connectivity index (χ0) is 23.9. The second-order valence-corrected chi connectivity index (χ2v) is 8.91. The van der Waals surface area contributed by atoms with E-state index in [-0.39, 0.29) is 18.3 Å². The molecule has 0 saturated carbocycles. The van der Waals surface area contributed by atoms with Crippen molar-refractivity contribution in [1.29, 1.82) is 0 Å². The number of nitrogens with zero attached hydrogens (tertiary/aromatic N) is 2. The first-order valence-electron chi connectivity index (χ1n) is 11.1. The third-order valence-electron chi connectivity index (χ3n) is 6.68. The Morgan fingerprint density at radius 2 is 1.79 bits per heavy atom. The second-order valence-electron chi connectivity index (χ2n) is 8.91. The van der Waals surface area contributed by atoms with Crippen LogP contribution >= 0.6 is 0 Å². The number of fused-ring (bicyclic) bond motifs is 2. The molecular formula is C27H24N2O5. The summed E-state index contributed by atoms with van der Waals surface area (Å²) < 4.78 is 12.2. The van der Waals surface area contributed by atoms with Crippen molar-refractivity contribution in [2.45, 2.75) is 25.0 Å². The van der Waals surface area contributed by atoms with Gasteiger partial charge in [0.15, 0.2) is 0 Å². The monoisotopic (exact) mass is 456 g/mol.